The Morgan fingerprint density at radius 1 is 1.00 bits per heavy atom. The summed E-state index contributed by atoms with van der Waals surface area (Å²) in [6.07, 6.45) is 4.41. The number of hydrogen-bond acceptors (Lipinski definition) is 2. The average Bonchev–Trinajstić information content (AvgIpc) is 2.98. The van der Waals surface area contributed by atoms with Crippen LogP contribution in [0, 0.1) is 30.6 Å². The third kappa shape index (κ3) is 1.96. The molecule has 1 aliphatic carbocycles. The summed E-state index contributed by atoms with van der Waals surface area (Å²) in [6.45, 7) is 9.63. The van der Waals surface area contributed by atoms with Crippen LogP contribution in [0.15, 0.2) is 49.6 Å². The predicted octanol–water partition coefficient (Wildman–Crippen LogP) is 3.11. The van der Waals surface area contributed by atoms with E-state index < -0.39 is 0 Å². The fraction of sp³-hybridized carbons (Fsp3) is 0.333. The van der Waals surface area contributed by atoms with E-state index in [1.807, 2.05) is 43.3 Å². The Labute approximate surface area is 125 Å². The summed E-state index contributed by atoms with van der Waals surface area (Å²) < 4.78 is 0. The third-order valence-electron chi connectivity index (χ3n) is 4.76. The van der Waals surface area contributed by atoms with E-state index in [0.29, 0.717) is 5.69 Å². The van der Waals surface area contributed by atoms with Crippen LogP contribution in [-0.2, 0) is 9.59 Å². The molecule has 2 aliphatic rings. The van der Waals surface area contributed by atoms with Crippen LogP contribution >= 0.6 is 0 Å². The molecule has 2 amide bonds. The topological polar surface area (TPSA) is 37.4 Å². The number of carbonyl (C=O) groups excluding carboxylic acids is 2. The molecule has 1 heterocycles. The van der Waals surface area contributed by atoms with Gasteiger partial charge in [-0.05, 0) is 37.3 Å². The zero-order valence-electron chi connectivity index (χ0n) is 12.2. The molecule has 4 atom stereocenters. The summed E-state index contributed by atoms with van der Waals surface area (Å²) >= 11 is 0. The van der Waals surface area contributed by atoms with Gasteiger partial charge >= 0.3 is 0 Å². The molecule has 0 radical (unpaired) electrons. The number of aryl methyl sites for hydroxylation is 1. The van der Waals surface area contributed by atoms with Gasteiger partial charge in [-0.3, -0.25) is 14.5 Å². The van der Waals surface area contributed by atoms with Crippen LogP contribution in [0.2, 0.25) is 0 Å². The molecule has 0 spiro atoms. The van der Waals surface area contributed by atoms with Crippen LogP contribution in [0.25, 0.3) is 0 Å². The summed E-state index contributed by atoms with van der Waals surface area (Å²) in [5, 5.41) is 0. The van der Waals surface area contributed by atoms with Gasteiger partial charge in [0.25, 0.3) is 0 Å². The maximum Gasteiger partial charge on any atom is 0.238 e. The molecular formula is C18H19NO2. The molecule has 3 rings (SSSR count). The largest absolute Gasteiger partial charge is 0.274 e. The number of carbonyl (C=O) groups is 2. The number of rotatable bonds is 3. The van der Waals surface area contributed by atoms with E-state index in [0.717, 1.165) is 12.0 Å². The Kier molecular flexibility index (Phi) is 3.28. The maximum absolute atomic E-state index is 12.7. The molecule has 1 aromatic rings. The van der Waals surface area contributed by atoms with Crippen LogP contribution < -0.4 is 4.90 Å². The maximum atomic E-state index is 12.7. The van der Waals surface area contributed by atoms with E-state index >= 15 is 0 Å². The van der Waals surface area contributed by atoms with Crippen molar-refractivity contribution < 1.29 is 9.59 Å². The number of imide groups is 1. The molecule has 0 bridgehead atoms. The second-order valence-corrected chi connectivity index (χ2v) is 5.93. The van der Waals surface area contributed by atoms with Crippen molar-refractivity contribution in [3.63, 3.8) is 0 Å². The normalized spacial score (nSPS) is 31.4. The van der Waals surface area contributed by atoms with Crippen molar-refractivity contribution in [1.29, 1.82) is 0 Å². The van der Waals surface area contributed by atoms with Crippen LogP contribution in [0.3, 0.4) is 0 Å². The zero-order chi connectivity index (χ0) is 15.1. The highest BCUT2D eigenvalue weighted by Crippen LogP contribution is 2.49. The van der Waals surface area contributed by atoms with Crippen LogP contribution in [0.1, 0.15) is 12.0 Å². The fourth-order valence-electron chi connectivity index (χ4n) is 3.65. The van der Waals surface area contributed by atoms with E-state index in [4.69, 9.17) is 0 Å². The molecule has 1 aromatic carbocycles. The Morgan fingerprint density at radius 3 is 1.90 bits per heavy atom. The number of anilines is 1. The minimum Gasteiger partial charge on any atom is -0.274 e. The van der Waals surface area contributed by atoms with Crippen LogP contribution in [-0.4, -0.2) is 11.8 Å². The second kappa shape index (κ2) is 4.99. The second-order valence-electron chi connectivity index (χ2n) is 5.93. The lowest BCUT2D eigenvalue weighted by molar-refractivity contribution is -0.123. The lowest BCUT2D eigenvalue weighted by Crippen LogP contribution is -2.33. The highest BCUT2D eigenvalue weighted by atomic mass is 16.2. The van der Waals surface area contributed by atoms with Gasteiger partial charge in [0.05, 0.1) is 17.5 Å². The number of amides is 2. The first-order chi connectivity index (χ1) is 10.1. The van der Waals surface area contributed by atoms with E-state index in [-0.39, 0.29) is 35.5 Å². The molecule has 3 nitrogen and oxygen atoms in total. The predicted molar refractivity (Wildman–Crippen MR) is 82.6 cm³/mol. The Morgan fingerprint density at radius 2 is 1.48 bits per heavy atom. The fourth-order valence-corrected chi connectivity index (χ4v) is 3.65. The van der Waals surface area contributed by atoms with Crippen molar-refractivity contribution in [3.8, 4) is 0 Å². The quantitative estimate of drug-likeness (QED) is 0.630. The van der Waals surface area contributed by atoms with Gasteiger partial charge in [-0.15, -0.1) is 13.2 Å². The van der Waals surface area contributed by atoms with Gasteiger partial charge in [0, 0.05) is 0 Å². The molecule has 1 saturated carbocycles. The summed E-state index contributed by atoms with van der Waals surface area (Å²) in [6, 6.07) is 7.50. The molecule has 1 saturated heterocycles. The van der Waals surface area contributed by atoms with Crippen LogP contribution in [0.5, 0.6) is 0 Å². The highest BCUT2D eigenvalue weighted by molar-refractivity contribution is 6.22. The van der Waals surface area contributed by atoms with Crippen molar-refractivity contribution >= 4 is 17.5 Å². The molecule has 21 heavy (non-hydrogen) atoms. The van der Waals surface area contributed by atoms with E-state index in [9.17, 15) is 9.59 Å². The first-order valence-corrected chi connectivity index (χ1v) is 7.28. The van der Waals surface area contributed by atoms with Crippen molar-refractivity contribution in [3.05, 3.63) is 55.1 Å². The van der Waals surface area contributed by atoms with E-state index in [1.54, 1.807) is 0 Å². The summed E-state index contributed by atoms with van der Waals surface area (Å²) in [5.41, 5.74) is 1.77. The summed E-state index contributed by atoms with van der Waals surface area (Å²) in [7, 11) is 0. The molecule has 2 fully saturated rings. The molecule has 3 heteroatoms. The number of nitrogens with zero attached hydrogens (tertiary/aromatic N) is 1. The lowest BCUT2D eigenvalue weighted by atomic mass is 9.89. The first-order valence-electron chi connectivity index (χ1n) is 7.28. The molecular weight excluding hydrogens is 262 g/mol. The van der Waals surface area contributed by atoms with Gasteiger partial charge in [0.15, 0.2) is 0 Å². The van der Waals surface area contributed by atoms with Crippen molar-refractivity contribution in [2.24, 2.45) is 23.7 Å². The average molecular weight is 281 g/mol. The van der Waals surface area contributed by atoms with Crippen molar-refractivity contribution in [2.45, 2.75) is 13.3 Å². The Balaban J connectivity index is 2.01. The van der Waals surface area contributed by atoms with Gasteiger partial charge < -0.3 is 0 Å². The Bertz CT molecular complexity index is 585. The monoisotopic (exact) mass is 281 g/mol. The smallest absolute Gasteiger partial charge is 0.238 e. The minimum absolute atomic E-state index is 0.0601. The number of allylic oxidation sites excluding steroid dienone is 2. The molecule has 1 aliphatic heterocycles. The lowest BCUT2D eigenvalue weighted by Gasteiger charge is -2.19. The van der Waals surface area contributed by atoms with E-state index in [2.05, 4.69) is 13.2 Å². The molecule has 108 valence electrons. The van der Waals surface area contributed by atoms with Gasteiger partial charge in [0.1, 0.15) is 0 Å². The summed E-state index contributed by atoms with van der Waals surface area (Å²) in [4.78, 5) is 26.8. The van der Waals surface area contributed by atoms with Gasteiger partial charge in [-0.2, -0.15) is 0 Å². The minimum atomic E-state index is -0.278. The Hall–Kier alpha value is -2.16. The van der Waals surface area contributed by atoms with E-state index in [1.165, 1.54) is 4.90 Å². The highest BCUT2D eigenvalue weighted by Gasteiger charge is 2.57. The third-order valence-corrected chi connectivity index (χ3v) is 4.76. The van der Waals surface area contributed by atoms with Crippen molar-refractivity contribution in [2.75, 3.05) is 4.90 Å². The van der Waals surface area contributed by atoms with Gasteiger partial charge in [-0.25, -0.2) is 0 Å². The van der Waals surface area contributed by atoms with Gasteiger partial charge in [0.2, 0.25) is 11.8 Å². The van der Waals surface area contributed by atoms with Crippen molar-refractivity contribution in [1.82, 2.24) is 0 Å². The first kappa shape index (κ1) is 13.8. The summed E-state index contributed by atoms with van der Waals surface area (Å²) in [5.74, 6) is -0.625. The zero-order valence-corrected chi connectivity index (χ0v) is 12.2. The molecule has 0 N–H and O–H groups in total. The van der Waals surface area contributed by atoms with Crippen LogP contribution in [0.4, 0.5) is 5.69 Å². The molecule has 0 aromatic heterocycles. The number of benzene rings is 1. The number of fused-ring (bicyclic) bond motifs is 1. The standard InChI is InChI=1S/C18H19NO2/c1-4-12-10-13(5-2)16-15(12)17(20)19(18(16)21)14-8-6-11(3)7-9-14/h4-9,12-13,15-16H,1-2,10H2,3H3. The SMILES string of the molecule is C=CC1CC(C=C)C2C(=O)N(c3ccc(C)cc3)C(=O)C12. The molecule has 4 unspecified atom stereocenters. The van der Waals surface area contributed by atoms with Gasteiger partial charge in [-0.1, -0.05) is 29.8 Å². The number of hydrogen-bond donors (Lipinski definition) is 0.